The van der Waals surface area contributed by atoms with Crippen molar-refractivity contribution < 1.29 is 14.3 Å². The van der Waals surface area contributed by atoms with Crippen LogP contribution in [0.1, 0.15) is 19.8 Å². The van der Waals surface area contributed by atoms with Gasteiger partial charge in [0.05, 0.1) is 6.10 Å². The normalized spacial score (nSPS) is 16.5. The molecule has 0 spiro atoms. The van der Waals surface area contributed by atoms with Crippen LogP contribution in [-0.4, -0.2) is 50.7 Å². The Hall–Kier alpha value is -1.14. The number of amides is 2. The minimum Gasteiger partial charge on any atom is -0.368 e. The van der Waals surface area contributed by atoms with Crippen molar-refractivity contribution in [2.75, 3.05) is 32.8 Å². The molecule has 0 aromatic heterocycles. The molecule has 0 radical (unpaired) electrons. The van der Waals surface area contributed by atoms with Crippen LogP contribution in [0.25, 0.3) is 0 Å². The lowest BCUT2D eigenvalue weighted by atomic mass is 10.1. The van der Waals surface area contributed by atoms with E-state index in [1.165, 1.54) is 6.92 Å². The van der Waals surface area contributed by atoms with Crippen LogP contribution in [0, 0.1) is 0 Å². The average molecular weight is 243 g/mol. The third-order valence-corrected chi connectivity index (χ3v) is 2.56. The molecule has 98 valence electrons. The Morgan fingerprint density at radius 2 is 1.88 bits per heavy atom. The first-order valence-corrected chi connectivity index (χ1v) is 6.02. The maximum atomic E-state index is 11.4. The molecule has 1 rings (SSSR count). The van der Waals surface area contributed by atoms with Gasteiger partial charge < -0.3 is 20.7 Å². The van der Waals surface area contributed by atoms with E-state index >= 15 is 0 Å². The molecule has 0 aromatic carbocycles. The quantitative estimate of drug-likeness (QED) is 0.523. The Morgan fingerprint density at radius 3 is 2.53 bits per heavy atom. The molecule has 0 atom stereocenters. The summed E-state index contributed by atoms with van der Waals surface area (Å²) in [5.41, 5.74) is 0. The van der Waals surface area contributed by atoms with Crippen LogP contribution in [0.4, 0.5) is 0 Å². The first-order chi connectivity index (χ1) is 8.18. The minimum atomic E-state index is -0.131. The first kappa shape index (κ1) is 13.9. The summed E-state index contributed by atoms with van der Waals surface area (Å²) in [5, 5.41) is 8.52. The van der Waals surface area contributed by atoms with Gasteiger partial charge in [-0.1, -0.05) is 0 Å². The molecule has 1 saturated heterocycles. The van der Waals surface area contributed by atoms with Crippen LogP contribution < -0.4 is 16.0 Å². The van der Waals surface area contributed by atoms with Crippen LogP contribution in [-0.2, 0) is 14.3 Å². The molecular formula is C11H21N3O3. The van der Waals surface area contributed by atoms with Crippen LogP contribution >= 0.6 is 0 Å². The van der Waals surface area contributed by atoms with Crippen LogP contribution in [0.2, 0.25) is 0 Å². The maximum absolute atomic E-state index is 11.4. The van der Waals surface area contributed by atoms with Crippen molar-refractivity contribution in [2.24, 2.45) is 0 Å². The van der Waals surface area contributed by atoms with Gasteiger partial charge in [-0.2, -0.15) is 0 Å². The largest absolute Gasteiger partial charge is 0.368 e. The minimum absolute atomic E-state index is 0.0924. The van der Waals surface area contributed by atoms with Crippen molar-refractivity contribution in [3.8, 4) is 0 Å². The third-order valence-electron chi connectivity index (χ3n) is 2.56. The molecule has 1 heterocycles. The standard InChI is InChI=1S/C11H21N3O3/c1-9(15)13-6-7-14-11(16)8-17-10-2-4-12-5-3-10/h10,12H,2-8H2,1H3,(H,13,15)(H,14,16). The Balaban J connectivity index is 1.98. The summed E-state index contributed by atoms with van der Waals surface area (Å²) in [7, 11) is 0. The number of rotatable bonds is 6. The molecule has 0 aliphatic carbocycles. The molecule has 2 amide bonds. The van der Waals surface area contributed by atoms with E-state index in [1.54, 1.807) is 0 Å². The fraction of sp³-hybridized carbons (Fsp3) is 0.818. The summed E-state index contributed by atoms with van der Waals surface area (Å²) >= 11 is 0. The highest BCUT2D eigenvalue weighted by atomic mass is 16.5. The van der Waals surface area contributed by atoms with Crippen molar-refractivity contribution in [1.29, 1.82) is 0 Å². The topological polar surface area (TPSA) is 79.5 Å². The van der Waals surface area contributed by atoms with Crippen molar-refractivity contribution in [3.05, 3.63) is 0 Å². The molecule has 6 heteroatoms. The Kier molecular flexibility index (Phi) is 6.57. The summed E-state index contributed by atoms with van der Waals surface area (Å²) in [6.45, 7) is 4.35. The molecule has 17 heavy (non-hydrogen) atoms. The highest BCUT2D eigenvalue weighted by molar-refractivity contribution is 5.77. The van der Waals surface area contributed by atoms with E-state index < -0.39 is 0 Å². The van der Waals surface area contributed by atoms with Gasteiger partial charge >= 0.3 is 0 Å². The number of carbonyl (C=O) groups is 2. The zero-order valence-corrected chi connectivity index (χ0v) is 10.3. The molecule has 0 aromatic rings. The summed E-state index contributed by atoms with van der Waals surface area (Å²) in [6, 6.07) is 0. The van der Waals surface area contributed by atoms with Crippen LogP contribution in [0.3, 0.4) is 0 Å². The highest BCUT2D eigenvalue weighted by Gasteiger charge is 2.14. The first-order valence-electron chi connectivity index (χ1n) is 6.02. The Bertz CT molecular complexity index is 252. The number of ether oxygens (including phenoxy) is 1. The van der Waals surface area contributed by atoms with Gasteiger partial charge in [-0.05, 0) is 25.9 Å². The summed E-state index contributed by atoms with van der Waals surface area (Å²) in [6.07, 6.45) is 2.11. The van der Waals surface area contributed by atoms with Gasteiger partial charge in [0.2, 0.25) is 11.8 Å². The number of nitrogens with one attached hydrogen (secondary N) is 3. The SMILES string of the molecule is CC(=O)NCCNC(=O)COC1CCNCC1. The third kappa shape index (κ3) is 6.91. The van der Waals surface area contributed by atoms with Crippen molar-refractivity contribution >= 4 is 11.8 Å². The van der Waals surface area contributed by atoms with E-state index in [9.17, 15) is 9.59 Å². The molecular weight excluding hydrogens is 222 g/mol. The molecule has 1 aliphatic heterocycles. The molecule has 0 bridgehead atoms. The summed E-state index contributed by atoms with van der Waals surface area (Å²) in [5.74, 6) is -0.223. The van der Waals surface area contributed by atoms with E-state index in [0.29, 0.717) is 13.1 Å². The number of piperidine rings is 1. The predicted octanol–water partition coefficient (Wildman–Crippen LogP) is -0.993. The van der Waals surface area contributed by atoms with E-state index in [0.717, 1.165) is 25.9 Å². The molecule has 6 nitrogen and oxygen atoms in total. The van der Waals surface area contributed by atoms with Gasteiger partial charge in [-0.3, -0.25) is 9.59 Å². The zero-order chi connectivity index (χ0) is 12.5. The van der Waals surface area contributed by atoms with Crippen molar-refractivity contribution in [3.63, 3.8) is 0 Å². The molecule has 0 saturated carbocycles. The second kappa shape index (κ2) is 8.03. The van der Waals surface area contributed by atoms with E-state index in [1.807, 2.05) is 0 Å². The molecule has 1 aliphatic rings. The fourth-order valence-electron chi connectivity index (χ4n) is 1.65. The van der Waals surface area contributed by atoms with Gasteiger partial charge in [0.1, 0.15) is 6.61 Å². The van der Waals surface area contributed by atoms with Crippen molar-refractivity contribution in [1.82, 2.24) is 16.0 Å². The molecule has 3 N–H and O–H groups in total. The Morgan fingerprint density at radius 1 is 1.24 bits per heavy atom. The molecule has 1 fully saturated rings. The van der Waals surface area contributed by atoms with Gasteiger partial charge in [0.15, 0.2) is 0 Å². The van der Waals surface area contributed by atoms with Crippen molar-refractivity contribution in [2.45, 2.75) is 25.9 Å². The van der Waals surface area contributed by atoms with Crippen LogP contribution in [0.15, 0.2) is 0 Å². The monoisotopic (exact) mass is 243 g/mol. The fourth-order valence-corrected chi connectivity index (χ4v) is 1.65. The maximum Gasteiger partial charge on any atom is 0.246 e. The highest BCUT2D eigenvalue weighted by Crippen LogP contribution is 2.06. The van der Waals surface area contributed by atoms with Gasteiger partial charge in [0, 0.05) is 20.0 Å². The van der Waals surface area contributed by atoms with Gasteiger partial charge in [0.25, 0.3) is 0 Å². The van der Waals surface area contributed by atoms with E-state index in [4.69, 9.17) is 4.74 Å². The second-order valence-corrected chi connectivity index (χ2v) is 4.09. The Labute approximate surface area is 101 Å². The zero-order valence-electron chi connectivity index (χ0n) is 10.3. The van der Waals surface area contributed by atoms with Gasteiger partial charge in [-0.25, -0.2) is 0 Å². The number of hydrogen-bond donors (Lipinski definition) is 3. The molecule has 0 unspecified atom stereocenters. The van der Waals surface area contributed by atoms with Crippen LogP contribution in [0.5, 0.6) is 0 Å². The lowest BCUT2D eigenvalue weighted by molar-refractivity contribution is -0.128. The predicted molar refractivity (Wildman–Crippen MR) is 63.5 cm³/mol. The average Bonchev–Trinajstić information content (AvgIpc) is 2.33. The summed E-state index contributed by atoms with van der Waals surface area (Å²) < 4.78 is 5.48. The number of carbonyl (C=O) groups excluding carboxylic acids is 2. The lowest BCUT2D eigenvalue weighted by Gasteiger charge is -2.22. The number of hydrogen-bond acceptors (Lipinski definition) is 4. The second-order valence-electron chi connectivity index (χ2n) is 4.09. The smallest absolute Gasteiger partial charge is 0.246 e. The van der Waals surface area contributed by atoms with E-state index in [2.05, 4.69) is 16.0 Å². The summed E-state index contributed by atoms with van der Waals surface area (Å²) in [4.78, 5) is 21.9. The van der Waals surface area contributed by atoms with Gasteiger partial charge in [-0.15, -0.1) is 0 Å². The lowest BCUT2D eigenvalue weighted by Crippen LogP contribution is -2.38. The van der Waals surface area contributed by atoms with E-state index in [-0.39, 0.29) is 24.5 Å².